The molecule has 1 nitrogen and oxygen atoms in total. The van der Waals surface area contributed by atoms with Crippen LogP contribution < -0.4 is 0 Å². The molecule has 0 fully saturated rings. The third-order valence-corrected chi connectivity index (χ3v) is 4.77. The van der Waals surface area contributed by atoms with Crippen LogP contribution in [0.2, 0.25) is 0 Å². The number of aryl methyl sites for hydroxylation is 1. The largest absolute Gasteiger partial charge is 0.288 e. The van der Waals surface area contributed by atoms with Crippen molar-refractivity contribution in [1.82, 2.24) is 0 Å². The summed E-state index contributed by atoms with van der Waals surface area (Å²) in [7, 11) is 0. The number of halogens is 5. The van der Waals surface area contributed by atoms with Crippen molar-refractivity contribution in [1.29, 1.82) is 0 Å². The predicted molar refractivity (Wildman–Crippen MR) is 87.8 cm³/mol. The lowest BCUT2D eigenvalue weighted by Crippen LogP contribution is -2.08. The number of benzene rings is 2. The van der Waals surface area contributed by atoms with Crippen molar-refractivity contribution in [3.63, 3.8) is 0 Å². The van der Waals surface area contributed by atoms with Crippen LogP contribution in [0.15, 0.2) is 41.8 Å². The zero-order valence-corrected chi connectivity index (χ0v) is 14.0. The van der Waals surface area contributed by atoms with Gasteiger partial charge in [-0.15, -0.1) is 11.3 Å². The topological polar surface area (TPSA) is 17.1 Å². The summed E-state index contributed by atoms with van der Waals surface area (Å²) in [5.74, 6) is -9.94. The van der Waals surface area contributed by atoms with Gasteiger partial charge in [-0.2, -0.15) is 0 Å². The summed E-state index contributed by atoms with van der Waals surface area (Å²) in [5, 5.41) is 1.76. The third kappa shape index (κ3) is 3.39. The van der Waals surface area contributed by atoms with Gasteiger partial charge in [-0.3, -0.25) is 4.79 Å². The zero-order valence-electron chi connectivity index (χ0n) is 13.2. The van der Waals surface area contributed by atoms with Crippen molar-refractivity contribution in [3.05, 3.63) is 92.4 Å². The van der Waals surface area contributed by atoms with Gasteiger partial charge in [-0.1, -0.05) is 24.3 Å². The van der Waals surface area contributed by atoms with E-state index in [1.54, 1.807) is 41.8 Å². The first-order valence-corrected chi connectivity index (χ1v) is 8.45. The molecule has 2 aromatic carbocycles. The lowest BCUT2D eigenvalue weighted by molar-refractivity contribution is 0.104. The zero-order chi connectivity index (χ0) is 18.8. The van der Waals surface area contributed by atoms with Gasteiger partial charge in [0, 0.05) is 11.1 Å². The highest BCUT2D eigenvalue weighted by Gasteiger charge is 2.25. The molecule has 0 N–H and O–H groups in total. The number of carbonyl (C=O) groups excluding carboxylic acids is 1. The first-order valence-electron chi connectivity index (χ1n) is 7.57. The number of ketones is 1. The Hall–Kier alpha value is -2.54. The lowest BCUT2D eigenvalue weighted by atomic mass is 10.00. The molecule has 0 aliphatic rings. The molecular formula is C19H11F5OS. The Balaban J connectivity index is 1.84. The van der Waals surface area contributed by atoms with E-state index in [2.05, 4.69) is 0 Å². The van der Waals surface area contributed by atoms with Crippen molar-refractivity contribution in [3.8, 4) is 0 Å². The molecule has 7 heteroatoms. The first kappa shape index (κ1) is 18.3. The van der Waals surface area contributed by atoms with Crippen LogP contribution in [0, 0.1) is 29.1 Å². The van der Waals surface area contributed by atoms with Gasteiger partial charge < -0.3 is 0 Å². The highest BCUT2D eigenvalue weighted by molar-refractivity contribution is 7.12. The first-order chi connectivity index (χ1) is 12.4. The molecule has 0 aliphatic carbocycles. The summed E-state index contributed by atoms with van der Waals surface area (Å²) in [5.41, 5.74) is 0.0788. The van der Waals surface area contributed by atoms with E-state index in [9.17, 15) is 26.7 Å². The van der Waals surface area contributed by atoms with Crippen LogP contribution in [0.25, 0.3) is 0 Å². The Morgan fingerprint density at radius 2 is 1.46 bits per heavy atom. The molecule has 1 heterocycles. The van der Waals surface area contributed by atoms with E-state index in [1.807, 2.05) is 0 Å². The molecular weight excluding hydrogens is 371 g/mol. The van der Waals surface area contributed by atoms with E-state index in [1.165, 1.54) is 11.3 Å². The van der Waals surface area contributed by atoms with Crippen LogP contribution in [0.3, 0.4) is 0 Å². The quantitative estimate of drug-likeness (QED) is 0.248. The molecule has 0 amide bonds. The Morgan fingerprint density at radius 3 is 2.08 bits per heavy atom. The van der Waals surface area contributed by atoms with E-state index in [0.29, 0.717) is 16.0 Å². The smallest absolute Gasteiger partial charge is 0.202 e. The van der Waals surface area contributed by atoms with Gasteiger partial charge >= 0.3 is 0 Å². The van der Waals surface area contributed by atoms with Crippen molar-refractivity contribution < 1.29 is 26.7 Å². The normalized spacial score (nSPS) is 11.0. The van der Waals surface area contributed by atoms with Crippen LogP contribution >= 0.6 is 11.3 Å². The second-order valence-corrected chi connectivity index (χ2v) is 6.50. The van der Waals surface area contributed by atoms with Crippen LogP contribution in [-0.4, -0.2) is 5.78 Å². The fourth-order valence-corrected chi connectivity index (χ4v) is 3.24. The van der Waals surface area contributed by atoms with Gasteiger partial charge in [0.1, 0.15) is 0 Å². The maximum atomic E-state index is 13.7. The molecule has 0 unspecified atom stereocenters. The molecule has 0 saturated carbocycles. The molecule has 0 aliphatic heterocycles. The van der Waals surface area contributed by atoms with Crippen molar-refractivity contribution in [2.45, 2.75) is 12.8 Å². The fraction of sp³-hybridized carbons (Fsp3) is 0.105. The Kier molecular flexibility index (Phi) is 5.18. The number of hydrogen-bond donors (Lipinski definition) is 0. The standard InChI is InChI=1S/C19H11F5OS/c20-14-12(15(21)17(23)18(24)16(14)22)7-6-10-3-1-4-11(9-10)19(25)13-5-2-8-26-13/h1-5,8-9H,6-7H2. The minimum atomic E-state index is -2.17. The summed E-state index contributed by atoms with van der Waals surface area (Å²) in [4.78, 5) is 12.9. The Bertz CT molecular complexity index is 937. The average Bonchev–Trinajstić information content (AvgIpc) is 3.19. The van der Waals surface area contributed by atoms with Gasteiger partial charge in [0.2, 0.25) is 11.6 Å². The maximum Gasteiger partial charge on any atom is 0.202 e. The van der Waals surface area contributed by atoms with E-state index in [-0.39, 0.29) is 18.6 Å². The minimum absolute atomic E-state index is 0.0178. The van der Waals surface area contributed by atoms with Gasteiger partial charge in [0.25, 0.3) is 0 Å². The minimum Gasteiger partial charge on any atom is -0.288 e. The number of rotatable bonds is 5. The Morgan fingerprint density at radius 1 is 0.808 bits per heavy atom. The Labute approximate surface area is 149 Å². The molecule has 3 aromatic rings. The van der Waals surface area contributed by atoms with Gasteiger partial charge in [0.05, 0.1) is 4.88 Å². The van der Waals surface area contributed by atoms with Gasteiger partial charge in [-0.25, -0.2) is 22.0 Å². The molecule has 0 saturated heterocycles. The monoisotopic (exact) mass is 382 g/mol. The molecule has 0 spiro atoms. The SMILES string of the molecule is O=C(c1cccc(CCc2c(F)c(F)c(F)c(F)c2F)c1)c1cccs1. The summed E-state index contributed by atoms with van der Waals surface area (Å²) in [6, 6.07) is 9.80. The van der Waals surface area contributed by atoms with E-state index >= 15 is 0 Å². The summed E-state index contributed by atoms with van der Waals surface area (Å²) in [6.07, 6.45) is -0.369. The van der Waals surface area contributed by atoms with Crippen molar-refractivity contribution in [2.75, 3.05) is 0 Å². The summed E-state index contributed by atoms with van der Waals surface area (Å²) >= 11 is 1.28. The molecule has 26 heavy (non-hydrogen) atoms. The highest BCUT2D eigenvalue weighted by atomic mass is 32.1. The second kappa shape index (κ2) is 7.37. The maximum absolute atomic E-state index is 13.7. The molecule has 0 bridgehead atoms. The van der Waals surface area contributed by atoms with Gasteiger partial charge in [-0.05, 0) is 35.9 Å². The van der Waals surface area contributed by atoms with Crippen molar-refractivity contribution in [2.24, 2.45) is 0 Å². The average molecular weight is 382 g/mol. The summed E-state index contributed by atoms with van der Waals surface area (Å²) in [6.45, 7) is 0. The van der Waals surface area contributed by atoms with E-state index < -0.39 is 34.6 Å². The number of thiophene rings is 1. The van der Waals surface area contributed by atoms with Crippen LogP contribution in [0.4, 0.5) is 22.0 Å². The molecule has 3 rings (SSSR count). The second-order valence-electron chi connectivity index (χ2n) is 5.56. The molecule has 0 radical (unpaired) electrons. The van der Waals surface area contributed by atoms with E-state index in [0.717, 1.165) is 0 Å². The highest BCUT2D eigenvalue weighted by Crippen LogP contribution is 2.24. The molecule has 1 aromatic heterocycles. The van der Waals surface area contributed by atoms with Crippen LogP contribution in [-0.2, 0) is 12.8 Å². The fourth-order valence-electron chi connectivity index (χ4n) is 2.56. The molecule has 0 atom stereocenters. The van der Waals surface area contributed by atoms with Crippen LogP contribution in [0.5, 0.6) is 0 Å². The lowest BCUT2D eigenvalue weighted by Gasteiger charge is -2.09. The number of carbonyl (C=O) groups is 1. The van der Waals surface area contributed by atoms with Crippen molar-refractivity contribution >= 4 is 17.1 Å². The van der Waals surface area contributed by atoms with Gasteiger partial charge in [0.15, 0.2) is 23.3 Å². The van der Waals surface area contributed by atoms with E-state index in [4.69, 9.17) is 0 Å². The summed E-state index contributed by atoms with van der Waals surface area (Å²) < 4.78 is 67.0. The molecule has 134 valence electrons. The van der Waals surface area contributed by atoms with Crippen LogP contribution in [0.1, 0.15) is 26.4 Å². The number of hydrogen-bond acceptors (Lipinski definition) is 2. The predicted octanol–water partition coefficient (Wildman–Crippen LogP) is 5.46. The third-order valence-electron chi connectivity index (χ3n) is 3.90.